The van der Waals surface area contributed by atoms with Gasteiger partial charge in [-0.15, -0.1) is 0 Å². The number of hydrogen-bond acceptors (Lipinski definition) is 2. The number of carbonyl (C=O) groups excluding carboxylic acids is 1. The lowest BCUT2D eigenvalue weighted by Crippen LogP contribution is -2.39. The van der Waals surface area contributed by atoms with Gasteiger partial charge >= 0.3 is 6.09 Å². The fourth-order valence-electron chi connectivity index (χ4n) is 2.09. The Labute approximate surface area is 119 Å². The van der Waals surface area contributed by atoms with Crippen LogP contribution in [-0.4, -0.2) is 29.7 Å². The lowest BCUT2D eigenvalue weighted by Gasteiger charge is -2.29. The van der Waals surface area contributed by atoms with Gasteiger partial charge in [0.25, 0.3) is 0 Å². The molecule has 2 rings (SSSR count). The van der Waals surface area contributed by atoms with Crippen molar-refractivity contribution < 1.29 is 13.9 Å². The first kappa shape index (κ1) is 14.6. The van der Waals surface area contributed by atoms with Gasteiger partial charge in [-0.05, 0) is 50.5 Å². The minimum absolute atomic E-state index is 0.236. The number of rotatable bonds is 1. The molecule has 1 amide bonds. The van der Waals surface area contributed by atoms with Crippen molar-refractivity contribution in [3.05, 3.63) is 41.7 Å². The molecule has 0 fully saturated rings. The first-order valence-corrected chi connectivity index (χ1v) is 6.78. The summed E-state index contributed by atoms with van der Waals surface area (Å²) in [5, 5.41) is 0. The van der Waals surface area contributed by atoms with Crippen molar-refractivity contribution >= 4 is 11.7 Å². The third kappa shape index (κ3) is 3.83. The van der Waals surface area contributed by atoms with Crippen molar-refractivity contribution in [1.29, 1.82) is 0 Å². The molecule has 1 aromatic carbocycles. The number of nitrogens with zero attached hydrogens (tertiary/aromatic N) is 1. The predicted octanol–water partition coefficient (Wildman–Crippen LogP) is 3.85. The SMILES string of the molecule is CC(C)(C)OC(=O)N1CC=C(c2ccc(F)cc2)CC1. The van der Waals surface area contributed by atoms with E-state index in [0.717, 1.165) is 17.6 Å². The highest BCUT2D eigenvalue weighted by Gasteiger charge is 2.23. The average molecular weight is 277 g/mol. The van der Waals surface area contributed by atoms with Crippen LogP contribution in [0.15, 0.2) is 30.3 Å². The van der Waals surface area contributed by atoms with E-state index >= 15 is 0 Å². The largest absolute Gasteiger partial charge is 0.444 e. The second-order valence-corrected chi connectivity index (χ2v) is 5.91. The summed E-state index contributed by atoms with van der Waals surface area (Å²) in [6, 6.07) is 6.45. The number of carbonyl (C=O) groups is 1. The van der Waals surface area contributed by atoms with Crippen molar-refractivity contribution in [2.45, 2.75) is 32.8 Å². The van der Waals surface area contributed by atoms with Gasteiger partial charge in [-0.25, -0.2) is 9.18 Å². The summed E-state index contributed by atoms with van der Waals surface area (Å²) in [5.74, 6) is -0.236. The Bertz CT molecular complexity index is 514. The highest BCUT2D eigenvalue weighted by atomic mass is 19.1. The normalized spacial score (nSPS) is 15.8. The Morgan fingerprint density at radius 3 is 2.40 bits per heavy atom. The molecule has 0 spiro atoms. The molecule has 0 saturated heterocycles. The first-order chi connectivity index (χ1) is 9.35. The fourth-order valence-corrected chi connectivity index (χ4v) is 2.09. The van der Waals surface area contributed by atoms with Gasteiger partial charge in [0.15, 0.2) is 0 Å². The average Bonchev–Trinajstić information content (AvgIpc) is 2.38. The van der Waals surface area contributed by atoms with Crippen LogP contribution in [0.2, 0.25) is 0 Å². The summed E-state index contributed by atoms with van der Waals surface area (Å²) < 4.78 is 18.2. The van der Waals surface area contributed by atoms with E-state index < -0.39 is 5.60 Å². The fraction of sp³-hybridized carbons (Fsp3) is 0.438. The minimum atomic E-state index is -0.474. The van der Waals surface area contributed by atoms with E-state index in [1.165, 1.54) is 12.1 Å². The maximum atomic E-state index is 12.9. The Kier molecular flexibility index (Phi) is 4.12. The van der Waals surface area contributed by atoms with Crippen LogP contribution >= 0.6 is 0 Å². The molecular weight excluding hydrogens is 257 g/mol. The van der Waals surface area contributed by atoms with Gasteiger partial charge in [0.05, 0.1) is 0 Å². The molecule has 1 heterocycles. The van der Waals surface area contributed by atoms with Crippen LogP contribution in [0.1, 0.15) is 32.8 Å². The van der Waals surface area contributed by atoms with Crippen molar-refractivity contribution in [3.8, 4) is 0 Å². The number of benzene rings is 1. The van der Waals surface area contributed by atoms with Crippen LogP contribution in [0.4, 0.5) is 9.18 Å². The molecule has 3 nitrogen and oxygen atoms in total. The standard InChI is InChI=1S/C16H20FNO2/c1-16(2,3)20-15(19)18-10-8-13(9-11-18)12-4-6-14(17)7-5-12/h4-8H,9-11H2,1-3H3. The smallest absolute Gasteiger partial charge is 0.410 e. The van der Waals surface area contributed by atoms with Gasteiger partial charge in [-0.3, -0.25) is 0 Å². The quantitative estimate of drug-likeness (QED) is 0.780. The Balaban J connectivity index is 2.00. The maximum Gasteiger partial charge on any atom is 0.410 e. The summed E-state index contributed by atoms with van der Waals surface area (Å²) in [4.78, 5) is 13.6. The van der Waals surface area contributed by atoms with Gasteiger partial charge in [0.1, 0.15) is 11.4 Å². The van der Waals surface area contributed by atoms with Crippen molar-refractivity contribution in [3.63, 3.8) is 0 Å². The second kappa shape index (κ2) is 5.65. The van der Waals surface area contributed by atoms with Crippen LogP contribution in [0.25, 0.3) is 5.57 Å². The lowest BCUT2D eigenvalue weighted by atomic mass is 10.00. The highest BCUT2D eigenvalue weighted by Crippen LogP contribution is 2.23. The molecule has 0 aliphatic carbocycles. The zero-order valence-electron chi connectivity index (χ0n) is 12.1. The molecule has 0 radical (unpaired) electrons. The van der Waals surface area contributed by atoms with E-state index in [1.807, 2.05) is 26.8 Å². The van der Waals surface area contributed by atoms with E-state index in [4.69, 9.17) is 4.74 Å². The van der Waals surface area contributed by atoms with E-state index in [0.29, 0.717) is 13.1 Å². The number of halogens is 1. The zero-order chi connectivity index (χ0) is 14.8. The highest BCUT2D eigenvalue weighted by molar-refractivity contribution is 5.72. The maximum absolute atomic E-state index is 12.9. The second-order valence-electron chi connectivity index (χ2n) is 5.91. The van der Waals surface area contributed by atoms with E-state index in [1.54, 1.807) is 17.0 Å². The Hall–Kier alpha value is -1.84. The van der Waals surface area contributed by atoms with Gasteiger partial charge in [-0.1, -0.05) is 18.2 Å². The van der Waals surface area contributed by atoms with Gasteiger partial charge in [0, 0.05) is 13.1 Å². The molecule has 0 unspecified atom stereocenters. The number of hydrogen-bond donors (Lipinski definition) is 0. The van der Waals surface area contributed by atoms with Crippen LogP contribution < -0.4 is 0 Å². The van der Waals surface area contributed by atoms with E-state index in [2.05, 4.69) is 0 Å². The zero-order valence-corrected chi connectivity index (χ0v) is 12.1. The molecule has 0 saturated carbocycles. The molecule has 4 heteroatoms. The molecule has 1 aliphatic heterocycles. The third-order valence-corrected chi connectivity index (χ3v) is 3.08. The van der Waals surface area contributed by atoms with E-state index in [9.17, 15) is 9.18 Å². The van der Waals surface area contributed by atoms with Crippen molar-refractivity contribution in [1.82, 2.24) is 4.90 Å². The molecule has 1 aliphatic rings. The lowest BCUT2D eigenvalue weighted by molar-refractivity contribution is 0.0270. The summed E-state index contributed by atoms with van der Waals surface area (Å²) in [6.07, 6.45) is 2.47. The molecule has 20 heavy (non-hydrogen) atoms. The summed E-state index contributed by atoms with van der Waals surface area (Å²) in [5.41, 5.74) is 1.68. The molecule has 0 N–H and O–H groups in total. The van der Waals surface area contributed by atoms with Gasteiger partial charge in [-0.2, -0.15) is 0 Å². The van der Waals surface area contributed by atoms with Crippen molar-refractivity contribution in [2.24, 2.45) is 0 Å². The van der Waals surface area contributed by atoms with Crippen LogP contribution in [0.5, 0.6) is 0 Å². The number of ether oxygens (including phenoxy) is 1. The van der Waals surface area contributed by atoms with Crippen LogP contribution in [-0.2, 0) is 4.74 Å². The first-order valence-electron chi connectivity index (χ1n) is 6.78. The topological polar surface area (TPSA) is 29.5 Å². The molecule has 1 aromatic rings. The third-order valence-electron chi connectivity index (χ3n) is 3.08. The molecular formula is C16H20FNO2. The minimum Gasteiger partial charge on any atom is -0.444 e. The van der Waals surface area contributed by atoms with Crippen molar-refractivity contribution in [2.75, 3.05) is 13.1 Å². The predicted molar refractivity (Wildman–Crippen MR) is 76.8 cm³/mol. The van der Waals surface area contributed by atoms with E-state index in [-0.39, 0.29) is 11.9 Å². The summed E-state index contributed by atoms with van der Waals surface area (Å²) in [7, 11) is 0. The Morgan fingerprint density at radius 1 is 1.25 bits per heavy atom. The molecule has 0 aromatic heterocycles. The molecule has 108 valence electrons. The summed E-state index contributed by atoms with van der Waals surface area (Å²) >= 11 is 0. The molecule has 0 bridgehead atoms. The number of amides is 1. The van der Waals surface area contributed by atoms with Crippen LogP contribution in [0, 0.1) is 5.82 Å². The monoisotopic (exact) mass is 277 g/mol. The van der Waals surface area contributed by atoms with Crippen LogP contribution in [0.3, 0.4) is 0 Å². The Morgan fingerprint density at radius 2 is 1.90 bits per heavy atom. The molecule has 0 atom stereocenters. The van der Waals surface area contributed by atoms with Gasteiger partial charge in [0.2, 0.25) is 0 Å². The summed E-state index contributed by atoms with van der Waals surface area (Å²) in [6.45, 7) is 6.72. The van der Waals surface area contributed by atoms with Gasteiger partial charge < -0.3 is 9.64 Å².